The molecule has 0 unspecified atom stereocenters. The summed E-state index contributed by atoms with van der Waals surface area (Å²) in [7, 11) is 0. The van der Waals surface area contributed by atoms with Gasteiger partial charge in [0.15, 0.2) is 0 Å². The Morgan fingerprint density at radius 3 is 1.26 bits per heavy atom. The number of esters is 2. The first-order chi connectivity index (χ1) is 26.5. The first kappa shape index (κ1) is 39.2. The lowest BCUT2D eigenvalue weighted by Crippen LogP contribution is -2.08. The van der Waals surface area contributed by atoms with Crippen LogP contribution in [0.2, 0.25) is 0 Å². The summed E-state index contributed by atoms with van der Waals surface area (Å²) in [5.41, 5.74) is 4.14. The first-order valence-corrected chi connectivity index (χ1v) is 18.8. The second-order valence-electron chi connectivity index (χ2n) is 12.8. The summed E-state index contributed by atoms with van der Waals surface area (Å²) in [5.74, 6) is 1.48. The van der Waals surface area contributed by atoms with E-state index in [4.69, 9.17) is 18.9 Å². The van der Waals surface area contributed by atoms with Crippen molar-refractivity contribution >= 4 is 35.7 Å². The molecule has 8 heteroatoms. The number of hydrogen-bond donors (Lipinski definition) is 0. The van der Waals surface area contributed by atoms with Crippen LogP contribution in [0.4, 0.5) is 11.4 Å². The van der Waals surface area contributed by atoms with Gasteiger partial charge in [-0.15, -0.1) is 0 Å². The molecule has 0 saturated heterocycles. The Hall–Kier alpha value is -6.02. The Kier molecular flexibility index (Phi) is 15.6. The molecule has 0 radical (unpaired) electrons. The van der Waals surface area contributed by atoms with Gasteiger partial charge in [0.05, 0.1) is 35.7 Å². The summed E-state index contributed by atoms with van der Waals surface area (Å²) in [6.07, 6.45) is 12.7. The summed E-state index contributed by atoms with van der Waals surface area (Å²) < 4.78 is 22.6. The molecule has 0 aliphatic carbocycles. The van der Waals surface area contributed by atoms with Crippen molar-refractivity contribution in [3.8, 4) is 23.0 Å². The molecular formula is C46H48N2O6. The summed E-state index contributed by atoms with van der Waals surface area (Å²) in [6.45, 7) is 5.70. The summed E-state index contributed by atoms with van der Waals surface area (Å²) >= 11 is 0. The molecule has 54 heavy (non-hydrogen) atoms. The van der Waals surface area contributed by atoms with Crippen LogP contribution in [0.5, 0.6) is 23.0 Å². The maximum atomic E-state index is 12.7. The number of carbonyl (C=O) groups excluding carboxylic acids is 2. The fraction of sp³-hybridized carbons (Fsp3) is 0.261. The van der Waals surface area contributed by atoms with E-state index in [1.165, 1.54) is 25.7 Å². The fourth-order valence-electron chi connectivity index (χ4n) is 5.36. The smallest absolute Gasteiger partial charge is 0.343 e. The van der Waals surface area contributed by atoms with Crippen LogP contribution >= 0.6 is 0 Å². The number of carbonyl (C=O) groups is 2. The number of aliphatic imine (C=N–C) groups is 2. The van der Waals surface area contributed by atoms with Crippen molar-refractivity contribution < 1.29 is 28.5 Å². The minimum atomic E-state index is -0.435. The van der Waals surface area contributed by atoms with Crippen LogP contribution in [0.25, 0.3) is 0 Å². The Bertz CT molecular complexity index is 1810. The lowest BCUT2D eigenvalue weighted by Gasteiger charge is -2.08. The van der Waals surface area contributed by atoms with Gasteiger partial charge in [0.25, 0.3) is 0 Å². The molecule has 0 spiro atoms. The minimum absolute atomic E-state index is 0.434. The van der Waals surface area contributed by atoms with Crippen LogP contribution in [0.1, 0.15) is 97.1 Å². The lowest BCUT2D eigenvalue weighted by molar-refractivity contribution is 0.0725. The van der Waals surface area contributed by atoms with E-state index in [1.807, 2.05) is 24.3 Å². The predicted molar refractivity (Wildman–Crippen MR) is 216 cm³/mol. The third-order valence-electron chi connectivity index (χ3n) is 8.44. The van der Waals surface area contributed by atoms with E-state index in [9.17, 15) is 9.59 Å². The second-order valence-corrected chi connectivity index (χ2v) is 12.8. The van der Waals surface area contributed by atoms with Crippen molar-refractivity contribution in [3.63, 3.8) is 0 Å². The minimum Gasteiger partial charge on any atom is -0.494 e. The molecule has 5 aromatic rings. The number of nitrogens with zero attached hydrogens (tertiary/aromatic N) is 2. The number of unbranched alkanes of at least 4 members (excludes halogenated alkanes) is 6. The predicted octanol–water partition coefficient (Wildman–Crippen LogP) is 11.5. The standard InChI is InChI=1S/C46H48N2O6/c1-3-5-7-9-30-51-41-22-14-37(15-23-41)45(49)53-43-26-18-39(19-27-43)47-33-35-12-11-13-36(32-35)34-48-40-20-28-44(29-21-40)54-46(50)38-16-24-42(25-17-38)52-31-10-8-6-4-2/h11-29,32-34H,3-10,30-31H2,1-2H3. The molecule has 8 nitrogen and oxygen atoms in total. The van der Waals surface area contributed by atoms with Crippen molar-refractivity contribution in [1.82, 2.24) is 0 Å². The van der Waals surface area contributed by atoms with Crippen molar-refractivity contribution in [2.24, 2.45) is 9.98 Å². The average Bonchev–Trinajstić information content (AvgIpc) is 3.21. The Morgan fingerprint density at radius 2 is 0.870 bits per heavy atom. The van der Waals surface area contributed by atoms with Crippen molar-refractivity contribution in [3.05, 3.63) is 144 Å². The van der Waals surface area contributed by atoms with E-state index in [-0.39, 0.29) is 0 Å². The highest BCUT2D eigenvalue weighted by molar-refractivity contribution is 5.92. The molecule has 5 rings (SSSR count). The van der Waals surface area contributed by atoms with Gasteiger partial charge in [-0.2, -0.15) is 0 Å². The van der Waals surface area contributed by atoms with Crippen molar-refractivity contribution in [1.29, 1.82) is 0 Å². The normalized spacial score (nSPS) is 11.1. The number of benzene rings is 5. The third-order valence-corrected chi connectivity index (χ3v) is 8.44. The monoisotopic (exact) mass is 724 g/mol. The van der Waals surface area contributed by atoms with E-state index in [1.54, 1.807) is 109 Å². The van der Waals surface area contributed by atoms with Crippen LogP contribution in [-0.4, -0.2) is 37.6 Å². The van der Waals surface area contributed by atoms with E-state index < -0.39 is 11.9 Å². The van der Waals surface area contributed by atoms with Gasteiger partial charge in [0.1, 0.15) is 23.0 Å². The highest BCUT2D eigenvalue weighted by Crippen LogP contribution is 2.22. The molecular weight excluding hydrogens is 677 g/mol. The fourth-order valence-corrected chi connectivity index (χ4v) is 5.36. The topological polar surface area (TPSA) is 95.8 Å². The zero-order chi connectivity index (χ0) is 37.8. The molecule has 0 bridgehead atoms. The molecule has 0 N–H and O–H groups in total. The van der Waals surface area contributed by atoms with Gasteiger partial charge < -0.3 is 18.9 Å². The van der Waals surface area contributed by atoms with E-state index in [2.05, 4.69) is 23.8 Å². The molecule has 0 aliphatic rings. The quantitative estimate of drug-likeness (QED) is 0.0343. The molecule has 0 aromatic heterocycles. The SMILES string of the molecule is CCCCCCOc1ccc(C(=O)Oc2ccc(N=Cc3cccc(C=Nc4ccc(OC(=O)c5ccc(OCCCCCC)cc5)cc4)c3)cc2)cc1. The van der Waals surface area contributed by atoms with Gasteiger partial charge in [-0.3, -0.25) is 9.98 Å². The highest BCUT2D eigenvalue weighted by Gasteiger charge is 2.10. The van der Waals surface area contributed by atoms with Gasteiger partial charge >= 0.3 is 11.9 Å². The molecule has 0 atom stereocenters. The molecule has 278 valence electrons. The highest BCUT2D eigenvalue weighted by atomic mass is 16.5. The van der Waals surface area contributed by atoms with Crippen molar-refractivity contribution in [2.45, 2.75) is 65.2 Å². The zero-order valence-corrected chi connectivity index (χ0v) is 31.1. The molecule has 0 heterocycles. The third kappa shape index (κ3) is 13.2. The van der Waals surface area contributed by atoms with Gasteiger partial charge in [-0.1, -0.05) is 70.6 Å². The summed E-state index contributed by atoms with van der Waals surface area (Å²) in [5, 5.41) is 0. The van der Waals surface area contributed by atoms with E-state index >= 15 is 0 Å². The van der Waals surface area contributed by atoms with Crippen LogP contribution in [-0.2, 0) is 0 Å². The number of rotatable bonds is 20. The largest absolute Gasteiger partial charge is 0.494 e. The molecule has 0 aliphatic heterocycles. The van der Waals surface area contributed by atoms with Gasteiger partial charge in [0.2, 0.25) is 0 Å². The van der Waals surface area contributed by atoms with Gasteiger partial charge in [-0.25, -0.2) is 9.59 Å². The Morgan fingerprint density at radius 1 is 0.481 bits per heavy atom. The first-order valence-electron chi connectivity index (χ1n) is 18.8. The van der Waals surface area contributed by atoms with Crippen LogP contribution < -0.4 is 18.9 Å². The average molecular weight is 725 g/mol. The Balaban J connectivity index is 1.07. The molecule has 5 aromatic carbocycles. The Labute approximate surface area is 318 Å². The second kappa shape index (κ2) is 21.5. The summed E-state index contributed by atoms with van der Waals surface area (Å²) in [4.78, 5) is 34.5. The van der Waals surface area contributed by atoms with Crippen molar-refractivity contribution in [2.75, 3.05) is 13.2 Å². The summed E-state index contributed by atoms with van der Waals surface area (Å²) in [6, 6.07) is 35.9. The van der Waals surface area contributed by atoms with Crippen LogP contribution in [0.15, 0.2) is 131 Å². The maximum Gasteiger partial charge on any atom is 0.343 e. The number of hydrogen-bond acceptors (Lipinski definition) is 8. The van der Waals surface area contributed by atoms with Gasteiger partial charge in [0, 0.05) is 12.4 Å². The van der Waals surface area contributed by atoms with E-state index in [0.717, 1.165) is 48.3 Å². The molecule has 0 amide bonds. The van der Waals surface area contributed by atoms with E-state index in [0.29, 0.717) is 47.2 Å². The molecule has 0 fully saturated rings. The maximum absolute atomic E-state index is 12.7. The number of ether oxygens (including phenoxy) is 4. The lowest BCUT2D eigenvalue weighted by atomic mass is 10.1. The van der Waals surface area contributed by atoms with Crippen LogP contribution in [0, 0.1) is 0 Å². The van der Waals surface area contributed by atoms with Gasteiger partial charge in [-0.05, 0) is 127 Å². The zero-order valence-electron chi connectivity index (χ0n) is 31.1. The molecule has 0 saturated carbocycles. The van der Waals surface area contributed by atoms with Crippen LogP contribution in [0.3, 0.4) is 0 Å².